The van der Waals surface area contributed by atoms with Gasteiger partial charge in [0.25, 0.3) is 5.91 Å². The number of rotatable bonds is 8. The third kappa shape index (κ3) is 5.05. The molecule has 0 bridgehead atoms. The molecule has 0 saturated carbocycles. The second-order valence-corrected chi connectivity index (χ2v) is 8.66. The van der Waals surface area contributed by atoms with Crippen LogP contribution < -0.4 is 5.32 Å². The minimum Gasteiger partial charge on any atom is -0.328 e. The molecule has 4 nitrogen and oxygen atoms in total. The topological polar surface area (TPSA) is 55.4 Å². The van der Waals surface area contributed by atoms with Crippen LogP contribution in [-0.4, -0.2) is 24.8 Å². The molecule has 2 aromatic rings. The number of hydrogen-bond acceptors (Lipinski definition) is 3. The summed E-state index contributed by atoms with van der Waals surface area (Å²) in [5.41, 5.74) is 2.35. The fraction of sp³-hybridized carbons (Fsp3) is 0.316. The fourth-order valence-corrected chi connectivity index (χ4v) is 3.61. The Kier molecular flexibility index (Phi) is 6.77. The zero-order valence-electron chi connectivity index (χ0n) is 14.2. The second kappa shape index (κ2) is 8.81. The van der Waals surface area contributed by atoms with Gasteiger partial charge >= 0.3 is 0 Å². The van der Waals surface area contributed by atoms with Crippen molar-refractivity contribution in [3.05, 3.63) is 65.7 Å². The van der Waals surface area contributed by atoms with E-state index in [9.17, 15) is 9.36 Å². The molecule has 0 spiro atoms. The number of anilines is 1. The predicted molar refractivity (Wildman–Crippen MR) is 99.2 cm³/mol. The third-order valence-electron chi connectivity index (χ3n) is 3.96. The highest BCUT2D eigenvalue weighted by atomic mass is 31.2. The Morgan fingerprint density at radius 2 is 1.62 bits per heavy atom. The van der Waals surface area contributed by atoms with E-state index >= 15 is 0 Å². The van der Waals surface area contributed by atoms with Crippen molar-refractivity contribution in [1.82, 2.24) is 0 Å². The summed E-state index contributed by atoms with van der Waals surface area (Å²) in [5.74, 6) is -0.142. The summed E-state index contributed by atoms with van der Waals surface area (Å²) in [5, 5.41) is 2.94. The number of para-hydroxylation sites is 1. The predicted octanol–water partition coefficient (Wildman–Crippen LogP) is 4.82. The molecule has 2 aromatic carbocycles. The van der Waals surface area contributed by atoms with Crippen molar-refractivity contribution in [3.63, 3.8) is 0 Å². The van der Waals surface area contributed by atoms with Crippen LogP contribution in [0.5, 0.6) is 0 Å². The summed E-state index contributed by atoms with van der Waals surface area (Å²) in [7, 11) is -2.50. The Hall–Kier alpha value is -1.90. The Balaban J connectivity index is 2.02. The highest BCUT2D eigenvalue weighted by Crippen LogP contribution is 2.45. The molecule has 0 atom stereocenters. The van der Waals surface area contributed by atoms with E-state index in [1.165, 1.54) is 0 Å². The van der Waals surface area contributed by atoms with Crippen molar-refractivity contribution < 1.29 is 13.9 Å². The van der Waals surface area contributed by atoms with Gasteiger partial charge in [-0.2, -0.15) is 0 Å². The largest absolute Gasteiger partial charge is 0.328 e. The summed E-state index contributed by atoms with van der Waals surface area (Å²) in [4.78, 5) is 12.3. The summed E-state index contributed by atoms with van der Waals surface area (Å²) < 4.78 is 17.9. The maximum absolute atomic E-state index is 12.3. The van der Waals surface area contributed by atoms with Crippen LogP contribution >= 0.6 is 7.37 Å². The van der Waals surface area contributed by atoms with E-state index in [4.69, 9.17) is 4.52 Å². The van der Waals surface area contributed by atoms with E-state index in [0.29, 0.717) is 30.9 Å². The van der Waals surface area contributed by atoms with Gasteiger partial charge in [0.15, 0.2) is 0 Å². The van der Waals surface area contributed by atoms with Crippen LogP contribution in [0, 0.1) is 0 Å². The van der Waals surface area contributed by atoms with E-state index in [2.05, 4.69) is 5.32 Å². The lowest BCUT2D eigenvalue weighted by Crippen LogP contribution is -2.13. The van der Waals surface area contributed by atoms with Gasteiger partial charge in [-0.1, -0.05) is 50.2 Å². The number of amides is 1. The normalized spacial score (nSPS) is 11.2. The van der Waals surface area contributed by atoms with Crippen molar-refractivity contribution in [1.29, 1.82) is 0 Å². The van der Waals surface area contributed by atoms with Gasteiger partial charge in [0.1, 0.15) is 0 Å². The molecule has 1 N–H and O–H groups in total. The number of nitrogens with one attached hydrogen (secondary N) is 1. The van der Waals surface area contributed by atoms with Crippen molar-refractivity contribution in [2.24, 2.45) is 0 Å². The zero-order chi connectivity index (χ0) is 17.4. The van der Waals surface area contributed by atoms with Crippen LogP contribution in [0.3, 0.4) is 0 Å². The van der Waals surface area contributed by atoms with Crippen LogP contribution in [0.15, 0.2) is 54.6 Å². The van der Waals surface area contributed by atoms with Crippen molar-refractivity contribution in [2.75, 3.05) is 24.2 Å². The Morgan fingerprint density at radius 3 is 2.29 bits per heavy atom. The third-order valence-corrected chi connectivity index (χ3v) is 6.54. The van der Waals surface area contributed by atoms with Gasteiger partial charge in [-0.25, -0.2) is 0 Å². The number of benzene rings is 2. The minimum absolute atomic E-state index is 0.142. The molecular formula is C19H24NO3P. The van der Waals surface area contributed by atoms with Crippen LogP contribution in [0.2, 0.25) is 0 Å². The molecule has 1 amide bonds. The van der Waals surface area contributed by atoms with Gasteiger partial charge in [0.05, 0.1) is 6.61 Å². The van der Waals surface area contributed by atoms with E-state index in [0.717, 1.165) is 11.3 Å². The van der Waals surface area contributed by atoms with Gasteiger partial charge in [-0.05, 0) is 30.2 Å². The SMILES string of the molecule is CCP(=O)(CC)OCCc1ccccc1NC(=O)c1ccccc1. The molecule has 0 aliphatic heterocycles. The van der Waals surface area contributed by atoms with Gasteiger partial charge in [0.2, 0.25) is 7.37 Å². The molecule has 0 saturated heterocycles. The molecule has 0 aromatic heterocycles. The van der Waals surface area contributed by atoms with Gasteiger partial charge in [-0.15, -0.1) is 0 Å². The highest BCUT2D eigenvalue weighted by molar-refractivity contribution is 7.58. The molecule has 0 radical (unpaired) electrons. The van der Waals surface area contributed by atoms with Crippen LogP contribution in [-0.2, 0) is 15.5 Å². The lowest BCUT2D eigenvalue weighted by molar-refractivity contribution is 0.102. The molecule has 0 heterocycles. The quantitative estimate of drug-likeness (QED) is 0.698. The first-order chi connectivity index (χ1) is 11.6. The lowest BCUT2D eigenvalue weighted by Gasteiger charge is -2.16. The molecule has 0 unspecified atom stereocenters. The van der Waals surface area contributed by atoms with Crippen molar-refractivity contribution in [2.45, 2.75) is 20.3 Å². The van der Waals surface area contributed by atoms with Crippen LogP contribution in [0.1, 0.15) is 29.8 Å². The average Bonchev–Trinajstić information content (AvgIpc) is 2.63. The zero-order valence-corrected chi connectivity index (χ0v) is 15.1. The van der Waals surface area contributed by atoms with Gasteiger partial charge in [-0.3, -0.25) is 9.36 Å². The Morgan fingerprint density at radius 1 is 1.00 bits per heavy atom. The van der Waals surface area contributed by atoms with Crippen LogP contribution in [0.25, 0.3) is 0 Å². The first-order valence-electron chi connectivity index (χ1n) is 8.25. The number of carbonyl (C=O) groups is 1. The Bertz CT molecular complexity index is 708. The highest BCUT2D eigenvalue weighted by Gasteiger charge is 2.17. The van der Waals surface area contributed by atoms with E-state index in [1.807, 2.05) is 56.3 Å². The standard InChI is InChI=1S/C19H24NO3P/c1-3-24(22,4-2)23-15-14-16-10-8-9-13-18(16)20-19(21)17-11-6-5-7-12-17/h5-13H,3-4,14-15H2,1-2H3,(H,20,21). The lowest BCUT2D eigenvalue weighted by atomic mass is 10.1. The van der Waals surface area contributed by atoms with E-state index < -0.39 is 7.37 Å². The summed E-state index contributed by atoms with van der Waals surface area (Å²) >= 11 is 0. The van der Waals surface area contributed by atoms with E-state index in [-0.39, 0.29) is 5.91 Å². The Labute approximate surface area is 143 Å². The smallest absolute Gasteiger partial charge is 0.255 e. The molecule has 5 heteroatoms. The molecule has 0 fully saturated rings. The number of carbonyl (C=O) groups excluding carboxylic acids is 1. The van der Waals surface area contributed by atoms with Crippen LogP contribution in [0.4, 0.5) is 5.69 Å². The van der Waals surface area contributed by atoms with Gasteiger partial charge in [0, 0.05) is 23.6 Å². The molecule has 0 aliphatic rings. The maximum atomic E-state index is 12.3. The summed E-state index contributed by atoms with van der Waals surface area (Å²) in [6.07, 6.45) is 1.71. The summed E-state index contributed by atoms with van der Waals surface area (Å²) in [6, 6.07) is 16.7. The van der Waals surface area contributed by atoms with Crippen molar-refractivity contribution in [3.8, 4) is 0 Å². The first kappa shape index (κ1) is 18.4. The average molecular weight is 345 g/mol. The molecule has 24 heavy (non-hydrogen) atoms. The first-order valence-corrected chi connectivity index (χ1v) is 10.2. The van der Waals surface area contributed by atoms with E-state index in [1.54, 1.807) is 12.1 Å². The molecule has 128 valence electrons. The second-order valence-electron chi connectivity index (χ2n) is 5.51. The molecule has 0 aliphatic carbocycles. The summed E-state index contributed by atoms with van der Waals surface area (Å²) in [6.45, 7) is 4.16. The monoisotopic (exact) mass is 345 g/mol. The molecule has 2 rings (SSSR count). The fourth-order valence-electron chi connectivity index (χ4n) is 2.37. The minimum atomic E-state index is -2.50. The molecular weight excluding hydrogens is 321 g/mol. The van der Waals surface area contributed by atoms with Crippen molar-refractivity contribution >= 4 is 19.0 Å². The maximum Gasteiger partial charge on any atom is 0.255 e. The number of hydrogen-bond donors (Lipinski definition) is 1. The van der Waals surface area contributed by atoms with Gasteiger partial charge < -0.3 is 9.84 Å².